The lowest BCUT2D eigenvalue weighted by Gasteiger charge is -2.31. The number of aromatic nitrogens is 2. The maximum absolute atomic E-state index is 5.86. The van der Waals surface area contributed by atoms with Crippen LogP contribution in [0.25, 0.3) is 0 Å². The molecule has 0 unspecified atom stereocenters. The first-order chi connectivity index (χ1) is 10.8. The van der Waals surface area contributed by atoms with Crippen LogP contribution in [0.15, 0.2) is 35.1 Å². The van der Waals surface area contributed by atoms with E-state index in [4.69, 9.17) is 18.6 Å². The van der Waals surface area contributed by atoms with Crippen LogP contribution in [0.1, 0.15) is 25.3 Å². The van der Waals surface area contributed by atoms with Crippen molar-refractivity contribution in [1.82, 2.24) is 9.97 Å². The normalized spacial score (nSPS) is 27.7. The van der Waals surface area contributed by atoms with Crippen molar-refractivity contribution in [3.05, 3.63) is 36.4 Å². The number of nitrogens with zero attached hydrogens (tertiary/aromatic N) is 3. The molecule has 7 nitrogen and oxygen atoms in total. The quantitative estimate of drug-likeness (QED) is 0.856. The molecule has 0 aliphatic carbocycles. The molecule has 0 aromatic carbocycles. The number of hydrogen-bond donors (Lipinski definition) is 0. The number of rotatable bonds is 4. The summed E-state index contributed by atoms with van der Waals surface area (Å²) in [5.74, 6) is 0.646. The van der Waals surface area contributed by atoms with Crippen molar-refractivity contribution >= 4 is 6.01 Å². The molecule has 2 aromatic rings. The molecule has 0 amide bonds. The second-order valence-corrected chi connectivity index (χ2v) is 5.37. The molecule has 2 aliphatic rings. The Morgan fingerprint density at radius 2 is 2.23 bits per heavy atom. The molecule has 0 saturated carbocycles. The molecular formula is C15H17N3O4. The van der Waals surface area contributed by atoms with E-state index in [1.807, 2.05) is 25.1 Å². The predicted octanol–water partition coefficient (Wildman–Crippen LogP) is 2.12. The summed E-state index contributed by atoms with van der Waals surface area (Å²) in [4.78, 5) is 10.7. The molecule has 0 N–H and O–H groups in total. The second-order valence-electron chi connectivity index (χ2n) is 5.37. The van der Waals surface area contributed by atoms with Gasteiger partial charge in [-0.05, 0) is 13.0 Å². The van der Waals surface area contributed by atoms with Crippen LogP contribution < -0.4 is 9.64 Å². The Labute approximate surface area is 127 Å². The van der Waals surface area contributed by atoms with Crippen molar-refractivity contribution in [3.8, 4) is 5.88 Å². The van der Waals surface area contributed by atoms with E-state index in [1.165, 1.54) is 0 Å². The summed E-state index contributed by atoms with van der Waals surface area (Å²) in [7, 11) is 0. The molecule has 4 heterocycles. The maximum atomic E-state index is 5.86. The van der Waals surface area contributed by atoms with Gasteiger partial charge in [0.25, 0.3) is 6.01 Å². The van der Waals surface area contributed by atoms with E-state index in [9.17, 15) is 0 Å². The zero-order valence-electron chi connectivity index (χ0n) is 12.2. The fourth-order valence-electron chi connectivity index (χ4n) is 2.61. The molecule has 0 bridgehead atoms. The molecule has 0 spiro atoms. The highest BCUT2D eigenvalue weighted by atomic mass is 16.9. The summed E-state index contributed by atoms with van der Waals surface area (Å²) < 4.78 is 22.2. The molecule has 7 heteroatoms. The number of pyridine rings is 1. The molecule has 0 radical (unpaired) electrons. The SMILES string of the molecule is CC1OC(c2coc(N3CC[C@H](Oc4ccccn4)C3)n2)O1. The minimum Gasteiger partial charge on any atom is -0.472 e. The third kappa shape index (κ3) is 2.65. The number of hydrogen-bond acceptors (Lipinski definition) is 7. The number of anilines is 1. The zero-order valence-corrected chi connectivity index (χ0v) is 12.2. The molecule has 22 heavy (non-hydrogen) atoms. The first-order valence-electron chi connectivity index (χ1n) is 7.37. The molecule has 2 aromatic heterocycles. The Kier molecular flexibility index (Phi) is 3.44. The van der Waals surface area contributed by atoms with Gasteiger partial charge in [0.15, 0.2) is 6.29 Å². The average Bonchev–Trinajstić information content (AvgIpc) is 3.14. The van der Waals surface area contributed by atoms with Gasteiger partial charge in [0.1, 0.15) is 18.1 Å². The van der Waals surface area contributed by atoms with E-state index in [2.05, 4.69) is 14.9 Å². The van der Waals surface area contributed by atoms with Gasteiger partial charge in [0.2, 0.25) is 12.2 Å². The van der Waals surface area contributed by atoms with E-state index in [0.29, 0.717) is 17.6 Å². The van der Waals surface area contributed by atoms with Crippen molar-refractivity contribution < 1.29 is 18.6 Å². The van der Waals surface area contributed by atoms with E-state index in [0.717, 1.165) is 19.5 Å². The van der Waals surface area contributed by atoms with Crippen molar-refractivity contribution in [1.29, 1.82) is 0 Å². The van der Waals surface area contributed by atoms with E-state index in [-0.39, 0.29) is 12.4 Å². The van der Waals surface area contributed by atoms with Crippen molar-refractivity contribution in [2.24, 2.45) is 0 Å². The molecule has 2 fully saturated rings. The van der Waals surface area contributed by atoms with E-state index < -0.39 is 6.29 Å². The lowest BCUT2D eigenvalue weighted by Crippen LogP contribution is -2.32. The number of ether oxygens (including phenoxy) is 3. The van der Waals surface area contributed by atoms with Gasteiger partial charge < -0.3 is 23.5 Å². The Morgan fingerprint density at radius 3 is 3.00 bits per heavy atom. The molecular weight excluding hydrogens is 286 g/mol. The van der Waals surface area contributed by atoms with Gasteiger partial charge in [-0.15, -0.1) is 0 Å². The Hall–Kier alpha value is -2.12. The average molecular weight is 303 g/mol. The highest BCUT2D eigenvalue weighted by molar-refractivity contribution is 5.30. The van der Waals surface area contributed by atoms with Gasteiger partial charge >= 0.3 is 0 Å². The first kappa shape index (κ1) is 13.5. The lowest BCUT2D eigenvalue weighted by molar-refractivity contribution is -0.383. The van der Waals surface area contributed by atoms with Crippen molar-refractivity contribution in [3.63, 3.8) is 0 Å². The number of oxazole rings is 1. The molecule has 1 atom stereocenters. The molecule has 2 aliphatic heterocycles. The molecule has 2 saturated heterocycles. The lowest BCUT2D eigenvalue weighted by atomic mass is 10.3. The van der Waals surface area contributed by atoms with Crippen LogP contribution in [0, 0.1) is 0 Å². The molecule has 4 rings (SSSR count). The highest BCUT2D eigenvalue weighted by Gasteiger charge is 2.33. The van der Waals surface area contributed by atoms with Gasteiger partial charge in [-0.1, -0.05) is 6.07 Å². The van der Waals surface area contributed by atoms with Gasteiger partial charge in [-0.3, -0.25) is 0 Å². The molecule has 116 valence electrons. The van der Waals surface area contributed by atoms with Crippen LogP contribution >= 0.6 is 0 Å². The van der Waals surface area contributed by atoms with E-state index >= 15 is 0 Å². The highest BCUT2D eigenvalue weighted by Crippen LogP contribution is 2.32. The predicted molar refractivity (Wildman–Crippen MR) is 76.4 cm³/mol. The minimum atomic E-state index is -0.407. The van der Waals surface area contributed by atoms with Gasteiger partial charge in [-0.2, -0.15) is 4.98 Å². The van der Waals surface area contributed by atoms with Crippen LogP contribution in [-0.4, -0.2) is 35.5 Å². The summed E-state index contributed by atoms with van der Waals surface area (Å²) in [6.45, 7) is 3.40. The largest absolute Gasteiger partial charge is 0.472 e. The fourth-order valence-corrected chi connectivity index (χ4v) is 2.61. The first-order valence-corrected chi connectivity index (χ1v) is 7.37. The Balaban J connectivity index is 1.36. The van der Waals surface area contributed by atoms with Gasteiger partial charge in [0, 0.05) is 25.2 Å². The summed E-state index contributed by atoms with van der Waals surface area (Å²) in [5, 5.41) is 0. The van der Waals surface area contributed by atoms with Gasteiger partial charge in [0.05, 0.1) is 6.54 Å². The third-order valence-corrected chi connectivity index (χ3v) is 3.72. The maximum Gasteiger partial charge on any atom is 0.297 e. The van der Waals surface area contributed by atoms with Gasteiger partial charge in [-0.25, -0.2) is 4.98 Å². The van der Waals surface area contributed by atoms with Crippen LogP contribution in [0.5, 0.6) is 5.88 Å². The monoisotopic (exact) mass is 303 g/mol. The van der Waals surface area contributed by atoms with Crippen molar-refractivity contribution in [2.75, 3.05) is 18.0 Å². The van der Waals surface area contributed by atoms with Crippen LogP contribution in [-0.2, 0) is 9.47 Å². The standard InChI is InChI=1S/C15H17N3O4/c1-10-20-14(21-10)12-9-19-15(17-12)18-7-5-11(8-18)22-13-4-2-3-6-16-13/h2-4,6,9-11,14H,5,7-8H2,1H3/t10?,11-,14?/m0/s1. The van der Waals surface area contributed by atoms with Crippen molar-refractivity contribution in [2.45, 2.75) is 32.0 Å². The summed E-state index contributed by atoms with van der Waals surface area (Å²) in [5.41, 5.74) is 0.669. The minimum absolute atomic E-state index is 0.0847. The topological polar surface area (TPSA) is 69.9 Å². The smallest absolute Gasteiger partial charge is 0.297 e. The van der Waals surface area contributed by atoms with E-state index in [1.54, 1.807) is 12.5 Å². The fraction of sp³-hybridized carbons (Fsp3) is 0.467. The summed E-state index contributed by atoms with van der Waals surface area (Å²) in [6.07, 6.45) is 3.72. The Morgan fingerprint density at radius 1 is 1.32 bits per heavy atom. The second kappa shape index (κ2) is 5.58. The zero-order chi connectivity index (χ0) is 14.9. The van der Waals surface area contributed by atoms with Crippen LogP contribution in [0.2, 0.25) is 0 Å². The summed E-state index contributed by atoms with van der Waals surface area (Å²) >= 11 is 0. The van der Waals surface area contributed by atoms with Crippen LogP contribution in [0.4, 0.5) is 6.01 Å². The Bertz CT molecular complexity index is 627. The third-order valence-electron chi connectivity index (χ3n) is 3.72. The van der Waals surface area contributed by atoms with Crippen LogP contribution in [0.3, 0.4) is 0 Å². The summed E-state index contributed by atoms with van der Waals surface area (Å²) in [6, 6.07) is 6.22.